The fraction of sp³-hybridized carbons (Fsp3) is 0.158. The SMILES string of the molecule is Cc1ccc(Br)cc1NC(=O)CCNC(=O)/C=C/c1cccc([N+](=O)[O-])c1. The summed E-state index contributed by atoms with van der Waals surface area (Å²) in [5.74, 6) is -0.591. The van der Waals surface area contributed by atoms with Gasteiger partial charge in [-0.25, -0.2) is 0 Å². The zero-order valence-corrected chi connectivity index (χ0v) is 16.2. The molecule has 140 valence electrons. The number of benzene rings is 2. The Morgan fingerprint density at radius 1 is 1.22 bits per heavy atom. The summed E-state index contributed by atoms with van der Waals surface area (Å²) in [6.45, 7) is 2.07. The van der Waals surface area contributed by atoms with Gasteiger partial charge in [-0.15, -0.1) is 0 Å². The summed E-state index contributed by atoms with van der Waals surface area (Å²) in [7, 11) is 0. The summed E-state index contributed by atoms with van der Waals surface area (Å²) in [5.41, 5.74) is 2.15. The number of nitro groups is 1. The molecule has 0 unspecified atom stereocenters. The van der Waals surface area contributed by atoms with Crippen LogP contribution in [0.3, 0.4) is 0 Å². The van der Waals surface area contributed by atoms with Crippen molar-refractivity contribution in [1.82, 2.24) is 5.32 Å². The Hall–Kier alpha value is -3.00. The van der Waals surface area contributed by atoms with Crippen LogP contribution in [0, 0.1) is 17.0 Å². The van der Waals surface area contributed by atoms with E-state index >= 15 is 0 Å². The van der Waals surface area contributed by atoms with Crippen molar-refractivity contribution < 1.29 is 14.5 Å². The van der Waals surface area contributed by atoms with Crippen molar-refractivity contribution in [2.45, 2.75) is 13.3 Å². The third-order valence-electron chi connectivity index (χ3n) is 3.63. The highest BCUT2D eigenvalue weighted by molar-refractivity contribution is 9.10. The molecule has 2 N–H and O–H groups in total. The number of nitrogens with zero attached hydrogens (tertiary/aromatic N) is 1. The third-order valence-corrected chi connectivity index (χ3v) is 4.13. The van der Waals surface area contributed by atoms with Gasteiger partial charge in [-0.2, -0.15) is 0 Å². The molecule has 0 spiro atoms. The summed E-state index contributed by atoms with van der Waals surface area (Å²) in [6.07, 6.45) is 2.88. The first-order valence-corrected chi connectivity index (χ1v) is 8.91. The minimum atomic E-state index is -0.497. The second kappa shape index (κ2) is 9.63. The second-order valence-electron chi connectivity index (χ2n) is 5.73. The number of carbonyl (C=O) groups excluding carboxylic acids is 2. The maximum Gasteiger partial charge on any atom is 0.270 e. The smallest absolute Gasteiger partial charge is 0.270 e. The molecule has 8 heteroatoms. The highest BCUT2D eigenvalue weighted by atomic mass is 79.9. The topological polar surface area (TPSA) is 101 Å². The van der Waals surface area contributed by atoms with Crippen LogP contribution in [0.15, 0.2) is 53.0 Å². The summed E-state index contributed by atoms with van der Waals surface area (Å²) in [5, 5.41) is 16.1. The fourth-order valence-electron chi connectivity index (χ4n) is 2.21. The number of hydrogen-bond acceptors (Lipinski definition) is 4. The molecule has 2 rings (SSSR count). The van der Waals surface area contributed by atoms with Crippen LogP contribution in [0.5, 0.6) is 0 Å². The van der Waals surface area contributed by atoms with Gasteiger partial charge in [0, 0.05) is 41.3 Å². The van der Waals surface area contributed by atoms with E-state index in [4.69, 9.17) is 0 Å². The van der Waals surface area contributed by atoms with Crippen LogP contribution < -0.4 is 10.6 Å². The molecule has 2 aromatic rings. The van der Waals surface area contributed by atoms with Gasteiger partial charge in [-0.3, -0.25) is 19.7 Å². The van der Waals surface area contributed by atoms with Gasteiger partial charge in [0.2, 0.25) is 11.8 Å². The molecule has 0 aromatic heterocycles. The van der Waals surface area contributed by atoms with Gasteiger partial charge in [-0.1, -0.05) is 34.1 Å². The maximum atomic E-state index is 12.0. The van der Waals surface area contributed by atoms with Gasteiger partial charge in [-0.05, 0) is 36.3 Å². The molecule has 0 saturated carbocycles. The van der Waals surface area contributed by atoms with Crippen LogP contribution in [0.2, 0.25) is 0 Å². The minimum Gasteiger partial charge on any atom is -0.352 e. The molecule has 7 nitrogen and oxygen atoms in total. The van der Waals surface area contributed by atoms with E-state index in [-0.39, 0.29) is 30.5 Å². The van der Waals surface area contributed by atoms with Crippen molar-refractivity contribution in [2.75, 3.05) is 11.9 Å². The molecule has 0 heterocycles. The number of rotatable bonds is 7. The molecule has 0 fully saturated rings. The van der Waals surface area contributed by atoms with Crippen LogP contribution in [-0.4, -0.2) is 23.3 Å². The number of anilines is 1. The number of aryl methyl sites for hydroxylation is 1. The normalized spacial score (nSPS) is 10.6. The molecule has 0 aliphatic heterocycles. The lowest BCUT2D eigenvalue weighted by molar-refractivity contribution is -0.384. The van der Waals surface area contributed by atoms with Crippen LogP contribution in [0.4, 0.5) is 11.4 Å². The number of halogens is 1. The zero-order chi connectivity index (χ0) is 19.8. The number of nitrogens with one attached hydrogen (secondary N) is 2. The van der Waals surface area contributed by atoms with Crippen molar-refractivity contribution in [3.05, 3.63) is 74.3 Å². The molecule has 0 radical (unpaired) electrons. The molecule has 0 aliphatic rings. The maximum absolute atomic E-state index is 12.0. The van der Waals surface area contributed by atoms with E-state index in [1.165, 1.54) is 24.3 Å². The van der Waals surface area contributed by atoms with Crippen molar-refractivity contribution in [3.8, 4) is 0 Å². The van der Waals surface area contributed by atoms with Crippen molar-refractivity contribution in [3.63, 3.8) is 0 Å². The first-order valence-electron chi connectivity index (χ1n) is 8.11. The predicted octanol–water partition coefficient (Wildman–Crippen LogP) is 3.82. The summed E-state index contributed by atoms with van der Waals surface area (Å²) < 4.78 is 0.864. The Bertz CT molecular complexity index is 896. The van der Waals surface area contributed by atoms with Gasteiger partial charge >= 0.3 is 0 Å². The molecule has 0 bridgehead atoms. The first-order chi connectivity index (χ1) is 12.8. The van der Waals surface area contributed by atoms with Gasteiger partial charge in [0.15, 0.2) is 0 Å². The third kappa shape index (κ3) is 6.67. The Balaban J connectivity index is 1.80. The van der Waals surface area contributed by atoms with Crippen molar-refractivity contribution in [2.24, 2.45) is 0 Å². The van der Waals surface area contributed by atoms with Crippen LogP contribution in [0.25, 0.3) is 6.08 Å². The zero-order valence-electron chi connectivity index (χ0n) is 14.6. The minimum absolute atomic E-state index is 0.0444. The van der Waals surface area contributed by atoms with Crippen LogP contribution >= 0.6 is 15.9 Å². The Morgan fingerprint density at radius 3 is 2.74 bits per heavy atom. The van der Waals surface area contributed by atoms with E-state index in [1.807, 2.05) is 25.1 Å². The van der Waals surface area contributed by atoms with Gasteiger partial charge in [0.25, 0.3) is 5.69 Å². The number of non-ortho nitro benzene ring substituents is 1. The molecular weight excluding hydrogens is 414 g/mol. The molecule has 0 saturated heterocycles. The average Bonchev–Trinajstić information content (AvgIpc) is 2.63. The molecule has 0 aliphatic carbocycles. The van der Waals surface area contributed by atoms with Gasteiger partial charge in [0.1, 0.15) is 0 Å². The van der Waals surface area contributed by atoms with E-state index in [1.54, 1.807) is 12.1 Å². The Morgan fingerprint density at radius 2 is 2.00 bits per heavy atom. The summed E-state index contributed by atoms with van der Waals surface area (Å²) in [6, 6.07) is 11.5. The number of hydrogen-bond donors (Lipinski definition) is 2. The van der Waals surface area contributed by atoms with E-state index in [0.717, 1.165) is 10.0 Å². The Labute approximate surface area is 164 Å². The molecular formula is C19H18BrN3O4. The van der Waals surface area contributed by atoms with Crippen LogP contribution in [-0.2, 0) is 9.59 Å². The Kier molecular flexibility index (Phi) is 7.25. The molecule has 0 atom stereocenters. The highest BCUT2D eigenvalue weighted by Crippen LogP contribution is 2.20. The fourth-order valence-corrected chi connectivity index (χ4v) is 2.57. The average molecular weight is 432 g/mol. The van der Waals surface area contributed by atoms with E-state index in [0.29, 0.717) is 11.3 Å². The highest BCUT2D eigenvalue weighted by Gasteiger charge is 2.07. The standard InChI is InChI=1S/C19H18BrN3O4/c1-13-5-7-15(20)12-17(13)22-19(25)9-10-21-18(24)8-6-14-3-2-4-16(11-14)23(26)27/h2-8,11-12H,9-10H2,1H3,(H,21,24)(H,22,25)/b8-6+. The molecule has 27 heavy (non-hydrogen) atoms. The number of amides is 2. The molecule has 2 amide bonds. The quantitative estimate of drug-likeness (QED) is 0.395. The van der Waals surface area contributed by atoms with E-state index < -0.39 is 4.92 Å². The van der Waals surface area contributed by atoms with Crippen LogP contribution in [0.1, 0.15) is 17.5 Å². The number of carbonyl (C=O) groups is 2. The molecule has 2 aromatic carbocycles. The lowest BCUT2D eigenvalue weighted by atomic mass is 10.2. The lowest BCUT2D eigenvalue weighted by Gasteiger charge is -2.09. The van der Waals surface area contributed by atoms with Crippen molar-refractivity contribution in [1.29, 1.82) is 0 Å². The second-order valence-corrected chi connectivity index (χ2v) is 6.65. The van der Waals surface area contributed by atoms with Gasteiger partial charge < -0.3 is 10.6 Å². The number of nitro benzene ring substituents is 1. The largest absolute Gasteiger partial charge is 0.352 e. The van der Waals surface area contributed by atoms with E-state index in [2.05, 4.69) is 26.6 Å². The predicted molar refractivity (Wildman–Crippen MR) is 107 cm³/mol. The van der Waals surface area contributed by atoms with Gasteiger partial charge in [0.05, 0.1) is 4.92 Å². The first kappa shape index (κ1) is 20.3. The van der Waals surface area contributed by atoms with Crippen molar-refractivity contribution >= 4 is 45.2 Å². The lowest BCUT2D eigenvalue weighted by Crippen LogP contribution is -2.26. The summed E-state index contributed by atoms with van der Waals surface area (Å²) >= 11 is 3.35. The monoisotopic (exact) mass is 431 g/mol. The van der Waals surface area contributed by atoms with E-state index in [9.17, 15) is 19.7 Å². The summed E-state index contributed by atoms with van der Waals surface area (Å²) in [4.78, 5) is 34.0.